The van der Waals surface area contributed by atoms with Crippen LogP contribution < -0.4 is 5.32 Å². The molecule has 454 valence electrons. The first kappa shape index (κ1) is 67.0. The van der Waals surface area contributed by atoms with Crippen LogP contribution in [0.4, 0.5) is 13.6 Å². The van der Waals surface area contributed by atoms with E-state index in [1.54, 1.807) is 30.4 Å². The highest BCUT2D eigenvalue weighted by molar-refractivity contribution is 5.96. The van der Waals surface area contributed by atoms with Crippen molar-refractivity contribution < 1.29 is 85.7 Å². The quantitative estimate of drug-likeness (QED) is 0.0469. The van der Waals surface area contributed by atoms with Crippen LogP contribution in [0.1, 0.15) is 150 Å². The highest BCUT2D eigenvalue weighted by atomic mass is 19.3. The van der Waals surface area contributed by atoms with Crippen LogP contribution in [0.2, 0.25) is 0 Å². The molecule has 11 atom stereocenters. The van der Waals surface area contributed by atoms with E-state index >= 15 is 4.79 Å². The monoisotopic (exact) mass is 1160 g/mol. The lowest BCUT2D eigenvalue weighted by Gasteiger charge is -2.67. The molecular formula is C64H83F2NO16. The molecule has 0 aromatic heterocycles. The number of carbonyl (C=O) groups excluding carboxylic acids is 7. The Balaban J connectivity index is 1.51. The molecule has 0 radical (unpaired) electrons. The first-order chi connectivity index (χ1) is 39.2. The number of amides is 1. The number of nitrogens with one attached hydrogen (secondary N) is 1. The van der Waals surface area contributed by atoms with Gasteiger partial charge in [-0.25, -0.2) is 14.4 Å². The van der Waals surface area contributed by atoms with Gasteiger partial charge in [-0.05, 0) is 103 Å². The average Bonchev–Trinajstić information content (AvgIpc) is 0.706. The van der Waals surface area contributed by atoms with E-state index in [1.165, 1.54) is 67.5 Å². The van der Waals surface area contributed by atoms with E-state index in [0.29, 0.717) is 12.8 Å². The SMILES string of the molecule is CC/C=C\C/C=C\C/C=C\C/C=C\C/C=C\C/C=C\CCC(=O)O[C@@H](C(=O)O[C@H]1C[C@@]2(O)[C@@H](OC(=O)c3ccccc3)[C@@H]3[C@]4(OC(C)=O)CO[C@@H]4C[C@H](O)[C@@]3(C)C(=O)[C@H](OC(=O)CC)C(=C1C)C2(C)C)[C@H](C=C(F)F)NC(=O)OC(C)(C)C. The number of benzene rings is 1. The first-order valence-corrected chi connectivity index (χ1v) is 28.4. The number of halogens is 2. The number of ether oxygens (including phenoxy) is 7. The van der Waals surface area contributed by atoms with Gasteiger partial charge in [0.1, 0.15) is 35.6 Å². The van der Waals surface area contributed by atoms with Gasteiger partial charge < -0.3 is 48.7 Å². The molecule has 3 aliphatic carbocycles. The Hall–Kier alpha value is -6.83. The van der Waals surface area contributed by atoms with Crippen molar-refractivity contribution in [2.45, 2.75) is 199 Å². The summed E-state index contributed by atoms with van der Waals surface area (Å²) >= 11 is 0. The second-order valence-corrected chi connectivity index (χ2v) is 22.9. The molecule has 5 rings (SSSR count). The lowest BCUT2D eigenvalue weighted by Crippen LogP contribution is -2.82. The summed E-state index contributed by atoms with van der Waals surface area (Å²) in [4.78, 5) is 98.9. The maximum absolute atomic E-state index is 15.8. The Morgan fingerprint density at radius 3 is 1.89 bits per heavy atom. The second kappa shape index (κ2) is 29.6. The van der Waals surface area contributed by atoms with E-state index in [9.17, 15) is 47.8 Å². The van der Waals surface area contributed by atoms with Crippen molar-refractivity contribution in [2.24, 2.45) is 16.7 Å². The van der Waals surface area contributed by atoms with Gasteiger partial charge in [-0.1, -0.05) is 119 Å². The molecule has 2 saturated carbocycles. The van der Waals surface area contributed by atoms with E-state index < -0.39 is 137 Å². The molecule has 0 unspecified atom stereocenters. The molecule has 0 spiro atoms. The predicted octanol–water partition coefficient (Wildman–Crippen LogP) is 10.7. The first-order valence-electron chi connectivity index (χ1n) is 28.4. The molecule has 1 amide bonds. The van der Waals surface area contributed by atoms with Gasteiger partial charge in [0.05, 0.1) is 29.6 Å². The molecule has 3 fully saturated rings. The Morgan fingerprint density at radius 2 is 1.39 bits per heavy atom. The number of aliphatic hydroxyl groups excluding tert-OH is 1. The molecule has 1 aromatic rings. The highest BCUT2D eigenvalue weighted by Crippen LogP contribution is 2.64. The highest BCUT2D eigenvalue weighted by Gasteiger charge is 2.78. The summed E-state index contributed by atoms with van der Waals surface area (Å²) in [5.41, 5.74) is -9.76. The van der Waals surface area contributed by atoms with Crippen molar-refractivity contribution in [1.29, 1.82) is 0 Å². The summed E-state index contributed by atoms with van der Waals surface area (Å²) < 4.78 is 70.5. The lowest BCUT2D eigenvalue weighted by molar-refractivity contribution is -0.346. The van der Waals surface area contributed by atoms with E-state index in [2.05, 4.69) is 54.8 Å². The Bertz CT molecular complexity index is 2730. The van der Waals surface area contributed by atoms with Crippen LogP contribution in [-0.4, -0.2) is 118 Å². The normalized spacial score (nSPS) is 27.5. The maximum Gasteiger partial charge on any atom is 0.408 e. The van der Waals surface area contributed by atoms with Crippen molar-refractivity contribution in [3.8, 4) is 0 Å². The minimum atomic E-state index is -2.57. The number of alkyl carbamates (subject to hydrolysis) is 1. The number of aliphatic hydroxyl groups is 2. The van der Waals surface area contributed by atoms with Gasteiger partial charge in [0.15, 0.2) is 17.5 Å². The van der Waals surface area contributed by atoms with Crippen molar-refractivity contribution in [3.63, 3.8) is 0 Å². The van der Waals surface area contributed by atoms with Crippen LogP contribution in [0.3, 0.4) is 0 Å². The summed E-state index contributed by atoms with van der Waals surface area (Å²) in [6, 6.07) is 5.47. The summed E-state index contributed by atoms with van der Waals surface area (Å²) in [7, 11) is 0. The van der Waals surface area contributed by atoms with Gasteiger partial charge in [-0.2, -0.15) is 8.78 Å². The average molecular weight is 1160 g/mol. The number of esters is 5. The molecule has 1 aromatic carbocycles. The molecule has 1 heterocycles. The summed E-state index contributed by atoms with van der Waals surface area (Å²) in [5.74, 6) is -7.99. The topological polar surface area (TPSA) is 237 Å². The fourth-order valence-corrected chi connectivity index (χ4v) is 11.4. The van der Waals surface area contributed by atoms with E-state index in [0.717, 1.165) is 32.6 Å². The van der Waals surface area contributed by atoms with E-state index in [4.69, 9.17) is 33.2 Å². The number of allylic oxidation sites excluding steroid dienone is 12. The third kappa shape index (κ3) is 16.5. The van der Waals surface area contributed by atoms with E-state index in [-0.39, 0.29) is 48.5 Å². The minimum Gasteiger partial charge on any atom is -0.455 e. The number of rotatable bonds is 25. The predicted molar refractivity (Wildman–Crippen MR) is 304 cm³/mol. The third-order valence-corrected chi connectivity index (χ3v) is 15.6. The number of ketones is 1. The Labute approximate surface area is 485 Å². The smallest absolute Gasteiger partial charge is 0.408 e. The van der Waals surface area contributed by atoms with Crippen molar-refractivity contribution in [1.82, 2.24) is 5.32 Å². The van der Waals surface area contributed by atoms with Crippen LogP contribution in [0, 0.1) is 16.7 Å². The fraction of sp³-hybridized carbons (Fsp3) is 0.547. The number of hydrogen-bond acceptors (Lipinski definition) is 16. The zero-order valence-electron chi connectivity index (χ0n) is 49.4. The van der Waals surface area contributed by atoms with Crippen molar-refractivity contribution >= 4 is 41.7 Å². The van der Waals surface area contributed by atoms with Gasteiger partial charge in [0, 0.05) is 44.1 Å². The summed E-state index contributed by atoms with van der Waals surface area (Å²) in [5, 5.41) is 28.3. The Morgan fingerprint density at radius 1 is 0.819 bits per heavy atom. The summed E-state index contributed by atoms with van der Waals surface area (Å²) in [6.45, 7) is 14.5. The molecule has 4 aliphatic rings. The molecule has 17 nitrogen and oxygen atoms in total. The van der Waals surface area contributed by atoms with Crippen LogP contribution in [-0.2, 0) is 57.1 Å². The van der Waals surface area contributed by atoms with Crippen LogP contribution in [0.5, 0.6) is 0 Å². The fourth-order valence-electron chi connectivity index (χ4n) is 11.4. The Kier molecular flexibility index (Phi) is 23.9. The molecular weight excluding hydrogens is 1080 g/mol. The summed E-state index contributed by atoms with van der Waals surface area (Å²) in [6.07, 6.45) is 13.3. The van der Waals surface area contributed by atoms with Gasteiger partial charge in [-0.15, -0.1) is 0 Å². The molecule has 83 heavy (non-hydrogen) atoms. The second-order valence-electron chi connectivity index (χ2n) is 22.9. The third-order valence-electron chi connectivity index (χ3n) is 15.6. The molecule has 1 aliphatic heterocycles. The number of hydrogen-bond donors (Lipinski definition) is 3. The lowest BCUT2D eigenvalue weighted by atomic mass is 9.44. The molecule has 1 saturated heterocycles. The molecule has 19 heteroatoms. The molecule has 3 N–H and O–H groups in total. The van der Waals surface area contributed by atoms with Crippen molar-refractivity contribution in [2.75, 3.05) is 6.61 Å². The van der Waals surface area contributed by atoms with Crippen molar-refractivity contribution in [3.05, 3.63) is 132 Å². The van der Waals surface area contributed by atoms with Crippen LogP contribution in [0.15, 0.2) is 127 Å². The zero-order chi connectivity index (χ0) is 61.3. The van der Waals surface area contributed by atoms with Gasteiger partial charge in [0.2, 0.25) is 6.10 Å². The maximum atomic E-state index is 15.8. The zero-order valence-corrected chi connectivity index (χ0v) is 49.4. The van der Waals surface area contributed by atoms with Crippen LogP contribution >= 0.6 is 0 Å². The van der Waals surface area contributed by atoms with Gasteiger partial charge in [0.25, 0.3) is 6.08 Å². The van der Waals surface area contributed by atoms with Gasteiger partial charge >= 0.3 is 35.9 Å². The standard InChI is InChI=1S/C64H83F2NO16/c1-11-13-14-15-16-17-18-19-20-21-22-23-24-25-26-27-28-29-33-36-50(71)80-52(44(37-48(65)66)67-59(75)83-60(5,6)7)58(74)78-45-39-64(76)56(81-57(73)43-34-31-30-32-35-43)54-62(10,46(69)38-47-63(54,40-77-47)82-42(4)68)55(72)53(79-49(70)12-2)51(41(45)3)61(64,8)9/h13-14,16-17,19-20,22-23,25-26,28-32,34-35,37,44-47,52-54,56,69,76H,11-12,15,18,21,24,27,33,36,38-40H2,1-10H3,(H,67,75)/b14-13-,17-16-,20-19-,23-22-,26-25-,29-28-/t44-,45-,46-,47+,52+,53+,54-,56-,62+,63-,64+/m0/s1. The largest absolute Gasteiger partial charge is 0.455 e. The number of carbonyl (C=O) groups is 7. The number of Topliss-reactive ketones (excluding diaryl/α,β-unsaturated/α-hetero) is 1. The number of fused-ring (bicyclic) bond motifs is 5. The minimum absolute atomic E-state index is 0.00177. The van der Waals surface area contributed by atoms with Crippen LogP contribution in [0.25, 0.3) is 0 Å². The van der Waals surface area contributed by atoms with E-state index in [1.807, 2.05) is 18.2 Å². The molecule has 2 bridgehead atoms. The van der Waals surface area contributed by atoms with Gasteiger partial charge in [-0.3, -0.25) is 19.2 Å².